The zero-order valence-corrected chi connectivity index (χ0v) is 9.23. The van der Waals surface area contributed by atoms with Crippen molar-refractivity contribution in [1.82, 2.24) is 9.78 Å². The third-order valence-corrected chi connectivity index (χ3v) is 2.29. The predicted molar refractivity (Wildman–Crippen MR) is 60.6 cm³/mol. The second-order valence-corrected chi connectivity index (χ2v) is 3.77. The predicted octanol–water partition coefficient (Wildman–Crippen LogP) is 0.891. The van der Waals surface area contributed by atoms with Gasteiger partial charge in [0, 0.05) is 12.3 Å². The molecule has 0 atom stereocenters. The van der Waals surface area contributed by atoms with Crippen LogP contribution >= 0.6 is 0 Å². The monoisotopic (exact) mass is 252 g/mol. The summed E-state index contributed by atoms with van der Waals surface area (Å²) in [4.78, 5) is 10.9. The number of nitrogens with zero attached hydrogens (tertiary/aromatic N) is 2. The Morgan fingerprint density at radius 3 is 2.39 bits per heavy atom. The molecule has 0 spiro atoms. The molecule has 0 saturated heterocycles. The van der Waals surface area contributed by atoms with Gasteiger partial charge in [0.2, 0.25) is 0 Å². The largest absolute Gasteiger partial charge is 0.396 e. The van der Waals surface area contributed by atoms with Crippen LogP contribution in [0, 0.1) is 11.6 Å². The minimum absolute atomic E-state index is 0.0631. The summed E-state index contributed by atoms with van der Waals surface area (Å²) < 4.78 is 27.2. The quantitative estimate of drug-likeness (QED) is 0.850. The minimum Gasteiger partial charge on any atom is -0.396 e. The molecule has 0 radical (unpaired) electrons. The maximum Gasteiger partial charge on any atom is 0.271 e. The molecule has 0 fully saturated rings. The fraction of sp³-hybridized carbons (Fsp3) is 0.0909. The van der Waals surface area contributed by atoms with Gasteiger partial charge in [0.05, 0.1) is 12.2 Å². The smallest absolute Gasteiger partial charge is 0.271 e. The molecule has 2 rings (SSSR count). The number of carbonyl (C=O) groups excluding carboxylic acids is 1. The third kappa shape index (κ3) is 2.45. The Bertz CT molecular complexity index is 589. The molecule has 94 valence electrons. The summed E-state index contributed by atoms with van der Waals surface area (Å²) in [6.07, 6.45) is 1.38. The van der Waals surface area contributed by atoms with Crippen LogP contribution in [0.25, 0.3) is 0 Å². The van der Waals surface area contributed by atoms with Crippen LogP contribution < -0.4 is 11.5 Å². The Balaban J connectivity index is 2.28. The highest BCUT2D eigenvalue weighted by molar-refractivity contribution is 5.95. The Hall–Kier alpha value is -2.44. The lowest BCUT2D eigenvalue weighted by Crippen LogP contribution is -2.14. The van der Waals surface area contributed by atoms with E-state index in [1.165, 1.54) is 23.0 Å². The lowest BCUT2D eigenvalue weighted by molar-refractivity contribution is 0.0995. The summed E-state index contributed by atoms with van der Waals surface area (Å²) in [5.41, 5.74) is 11.0. The number of hydrogen-bond acceptors (Lipinski definition) is 3. The Morgan fingerprint density at radius 1 is 1.28 bits per heavy atom. The molecule has 0 aliphatic carbocycles. The van der Waals surface area contributed by atoms with Gasteiger partial charge in [-0.05, 0) is 17.7 Å². The number of hydrogen-bond donors (Lipinski definition) is 2. The van der Waals surface area contributed by atoms with Crippen LogP contribution in [0.15, 0.2) is 24.4 Å². The van der Waals surface area contributed by atoms with E-state index >= 15 is 0 Å². The molecule has 0 aliphatic heterocycles. The average molecular weight is 252 g/mol. The number of nitrogen functional groups attached to an aromatic ring is 1. The van der Waals surface area contributed by atoms with E-state index in [-0.39, 0.29) is 17.9 Å². The van der Waals surface area contributed by atoms with Crippen LogP contribution in [0.2, 0.25) is 0 Å². The van der Waals surface area contributed by atoms with Crippen molar-refractivity contribution < 1.29 is 13.6 Å². The van der Waals surface area contributed by atoms with Gasteiger partial charge in [0.15, 0.2) is 5.69 Å². The van der Waals surface area contributed by atoms with E-state index in [1.807, 2.05) is 0 Å². The highest BCUT2D eigenvalue weighted by Gasteiger charge is 2.11. The second-order valence-electron chi connectivity index (χ2n) is 3.77. The number of rotatable bonds is 3. The number of amides is 1. The molecule has 0 unspecified atom stereocenters. The van der Waals surface area contributed by atoms with E-state index < -0.39 is 17.5 Å². The van der Waals surface area contributed by atoms with E-state index in [0.29, 0.717) is 5.56 Å². The summed E-state index contributed by atoms with van der Waals surface area (Å²) >= 11 is 0. The first-order chi connectivity index (χ1) is 8.45. The van der Waals surface area contributed by atoms with Gasteiger partial charge in [-0.25, -0.2) is 8.78 Å². The summed E-state index contributed by atoms with van der Waals surface area (Å²) in [6, 6.07) is 3.12. The number of carbonyl (C=O) groups is 1. The van der Waals surface area contributed by atoms with Crippen molar-refractivity contribution >= 4 is 11.6 Å². The number of anilines is 1. The van der Waals surface area contributed by atoms with Crippen molar-refractivity contribution in [3.05, 3.63) is 47.3 Å². The van der Waals surface area contributed by atoms with Gasteiger partial charge in [0.1, 0.15) is 11.6 Å². The van der Waals surface area contributed by atoms with Crippen LogP contribution in [-0.4, -0.2) is 15.7 Å². The number of aromatic nitrogens is 2. The van der Waals surface area contributed by atoms with Crippen molar-refractivity contribution in [3.8, 4) is 0 Å². The summed E-state index contributed by atoms with van der Waals surface area (Å²) in [6.45, 7) is 0.0894. The van der Waals surface area contributed by atoms with E-state index in [2.05, 4.69) is 5.10 Å². The Kier molecular flexibility index (Phi) is 2.97. The normalized spacial score (nSPS) is 10.6. The van der Waals surface area contributed by atoms with E-state index in [0.717, 1.165) is 6.07 Å². The molecule has 0 saturated carbocycles. The summed E-state index contributed by atoms with van der Waals surface area (Å²) in [5, 5.41) is 3.84. The van der Waals surface area contributed by atoms with Crippen LogP contribution in [0.1, 0.15) is 16.1 Å². The lowest BCUT2D eigenvalue weighted by Gasteiger charge is -2.02. The maximum absolute atomic E-state index is 13.0. The highest BCUT2D eigenvalue weighted by Crippen LogP contribution is 2.12. The van der Waals surface area contributed by atoms with Crippen molar-refractivity contribution in [3.63, 3.8) is 0 Å². The zero-order chi connectivity index (χ0) is 13.3. The van der Waals surface area contributed by atoms with Gasteiger partial charge in [-0.1, -0.05) is 0 Å². The molecular formula is C11H10F2N4O. The Morgan fingerprint density at radius 2 is 1.89 bits per heavy atom. The zero-order valence-electron chi connectivity index (χ0n) is 9.23. The molecule has 1 heterocycles. The molecule has 1 amide bonds. The number of halogens is 2. The van der Waals surface area contributed by atoms with Crippen molar-refractivity contribution in [2.24, 2.45) is 5.73 Å². The van der Waals surface area contributed by atoms with Crippen molar-refractivity contribution in [2.45, 2.75) is 6.54 Å². The minimum atomic E-state index is -0.753. The fourth-order valence-corrected chi connectivity index (χ4v) is 1.60. The van der Waals surface area contributed by atoms with E-state index in [1.54, 1.807) is 0 Å². The third-order valence-electron chi connectivity index (χ3n) is 2.29. The Labute approximate surface area is 101 Å². The van der Waals surface area contributed by atoms with Crippen LogP contribution in [0.5, 0.6) is 0 Å². The highest BCUT2D eigenvalue weighted by atomic mass is 19.1. The number of nitrogens with two attached hydrogens (primary N) is 2. The topological polar surface area (TPSA) is 86.9 Å². The molecule has 2 aromatic rings. The van der Waals surface area contributed by atoms with Gasteiger partial charge in [-0.2, -0.15) is 5.10 Å². The van der Waals surface area contributed by atoms with Gasteiger partial charge < -0.3 is 11.5 Å². The van der Waals surface area contributed by atoms with Crippen molar-refractivity contribution in [2.75, 3.05) is 5.73 Å². The first kappa shape index (κ1) is 12.0. The standard InChI is InChI=1S/C11H10F2N4O/c12-7-1-6(2-8(13)3-7)4-17-5-9(14)10(16-17)11(15)18/h1-3,5H,4,14H2,(H2,15,18). The molecule has 1 aromatic heterocycles. The van der Waals surface area contributed by atoms with Gasteiger partial charge in [0.25, 0.3) is 5.91 Å². The van der Waals surface area contributed by atoms with Gasteiger partial charge >= 0.3 is 0 Å². The summed E-state index contributed by atoms with van der Waals surface area (Å²) in [7, 11) is 0. The molecule has 0 bridgehead atoms. The van der Waals surface area contributed by atoms with Crippen LogP contribution in [0.4, 0.5) is 14.5 Å². The molecule has 7 heteroatoms. The summed E-state index contributed by atoms with van der Waals surface area (Å²) in [5.74, 6) is -2.11. The molecule has 5 nitrogen and oxygen atoms in total. The average Bonchev–Trinajstić information content (AvgIpc) is 2.57. The van der Waals surface area contributed by atoms with E-state index in [4.69, 9.17) is 11.5 Å². The van der Waals surface area contributed by atoms with Crippen molar-refractivity contribution in [1.29, 1.82) is 0 Å². The maximum atomic E-state index is 13.0. The first-order valence-electron chi connectivity index (χ1n) is 5.03. The molecule has 0 aliphatic rings. The molecule has 4 N–H and O–H groups in total. The fourth-order valence-electron chi connectivity index (χ4n) is 1.60. The second kappa shape index (κ2) is 4.44. The first-order valence-corrected chi connectivity index (χ1v) is 5.03. The SMILES string of the molecule is NC(=O)c1nn(Cc2cc(F)cc(F)c2)cc1N. The van der Waals surface area contributed by atoms with Crippen LogP contribution in [-0.2, 0) is 6.54 Å². The molecular weight excluding hydrogens is 242 g/mol. The van der Waals surface area contributed by atoms with Gasteiger partial charge in [-0.15, -0.1) is 0 Å². The number of primary amides is 1. The van der Waals surface area contributed by atoms with Gasteiger partial charge in [-0.3, -0.25) is 9.48 Å². The number of benzene rings is 1. The molecule has 18 heavy (non-hydrogen) atoms. The van der Waals surface area contributed by atoms with E-state index in [9.17, 15) is 13.6 Å². The lowest BCUT2D eigenvalue weighted by atomic mass is 10.2. The van der Waals surface area contributed by atoms with Crippen LogP contribution in [0.3, 0.4) is 0 Å². The molecule has 1 aromatic carbocycles.